The van der Waals surface area contributed by atoms with Crippen molar-refractivity contribution < 1.29 is 13.2 Å². The van der Waals surface area contributed by atoms with E-state index in [9.17, 15) is 13.2 Å². The first-order valence-corrected chi connectivity index (χ1v) is 11.1. The summed E-state index contributed by atoms with van der Waals surface area (Å²) in [4.78, 5) is 12.6. The van der Waals surface area contributed by atoms with Gasteiger partial charge in [-0.05, 0) is 74.5 Å². The molecule has 4 aliphatic rings. The largest absolute Gasteiger partial charge is 0.325 e. The van der Waals surface area contributed by atoms with Crippen molar-refractivity contribution >= 4 is 21.4 Å². The number of nitrogens with one attached hydrogen (secondary N) is 2. The minimum Gasteiger partial charge on any atom is -0.325 e. The van der Waals surface area contributed by atoms with Crippen molar-refractivity contribution in [2.75, 3.05) is 18.1 Å². The number of sulfone groups is 1. The van der Waals surface area contributed by atoms with Crippen LogP contribution in [-0.2, 0) is 14.6 Å². The number of rotatable bonds is 5. The van der Waals surface area contributed by atoms with Gasteiger partial charge >= 0.3 is 0 Å². The third-order valence-corrected chi connectivity index (χ3v) is 7.32. The molecule has 5 nitrogen and oxygen atoms in total. The third kappa shape index (κ3) is 3.60. The van der Waals surface area contributed by atoms with Crippen LogP contribution in [0.5, 0.6) is 0 Å². The Bertz CT molecular complexity index is 752. The molecule has 0 saturated heterocycles. The standard InChI is InChI=1S/C19H26N2O3S/c1-25(23,24)17-4-2-3-16(8-17)21-18(22)12-20-19-9-13-5-14(10-19)7-15(6-13)11-19/h2-4,8,13-15,20H,5-7,9-12H2,1H3,(H,21,22). The van der Waals surface area contributed by atoms with E-state index in [1.807, 2.05) is 0 Å². The number of hydrogen-bond acceptors (Lipinski definition) is 4. The van der Waals surface area contributed by atoms with Crippen molar-refractivity contribution in [1.82, 2.24) is 5.32 Å². The SMILES string of the molecule is CS(=O)(=O)c1cccc(NC(=O)CNC23CC4CC(CC(C4)C2)C3)c1. The van der Waals surface area contributed by atoms with Crippen molar-refractivity contribution in [2.24, 2.45) is 17.8 Å². The molecule has 1 aromatic carbocycles. The summed E-state index contributed by atoms with van der Waals surface area (Å²) in [7, 11) is -3.27. The zero-order chi connectivity index (χ0) is 17.7. The van der Waals surface area contributed by atoms with Gasteiger partial charge in [0.2, 0.25) is 5.91 Å². The van der Waals surface area contributed by atoms with E-state index >= 15 is 0 Å². The van der Waals surface area contributed by atoms with Crippen LogP contribution in [0.25, 0.3) is 0 Å². The van der Waals surface area contributed by atoms with Gasteiger partial charge < -0.3 is 10.6 Å². The maximum Gasteiger partial charge on any atom is 0.238 e. The summed E-state index contributed by atoms with van der Waals surface area (Å²) in [6, 6.07) is 6.42. The normalized spacial score (nSPS) is 33.4. The number of hydrogen-bond donors (Lipinski definition) is 2. The van der Waals surface area contributed by atoms with Gasteiger partial charge in [0.15, 0.2) is 9.84 Å². The smallest absolute Gasteiger partial charge is 0.238 e. The molecule has 4 saturated carbocycles. The summed E-state index contributed by atoms with van der Waals surface area (Å²) >= 11 is 0. The molecule has 0 radical (unpaired) electrons. The van der Waals surface area contributed by atoms with Crippen molar-refractivity contribution in [3.8, 4) is 0 Å². The van der Waals surface area contributed by atoms with Gasteiger partial charge in [-0.2, -0.15) is 0 Å². The van der Waals surface area contributed by atoms with Gasteiger partial charge in [-0.25, -0.2) is 8.42 Å². The van der Waals surface area contributed by atoms with Gasteiger partial charge in [0.1, 0.15) is 0 Å². The molecule has 6 heteroatoms. The maximum atomic E-state index is 12.3. The molecular weight excluding hydrogens is 336 g/mol. The topological polar surface area (TPSA) is 75.3 Å². The van der Waals surface area contributed by atoms with E-state index < -0.39 is 9.84 Å². The third-order valence-electron chi connectivity index (χ3n) is 6.21. The number of benzene rings is 1. The molecule has 0 spiro atoms. The molecule has 0 aromatic heterocycles. The Morgan fingerprint density at radius 1 is 1.12 bits per heavy atom. The molecule has 0 heterocycles. The second-order valence-electron chi connectivity index (χ2n) is 8.40. The molecule has 4 aliphatic carbocycles. The number of carbonyl (C=O) groups is 1. The molecule has 25 heavy (non-hydrogen) atoms. The van der Waals surface area contributed by atoms with E-state index in [1.165, 1.54) is 50.8 Å². The Kier molecular flexibility index (Phi) is 4.15. The van der Waals surface area contributed by atoms with Crippen LogP contribution >= 0.6 is 0 Å². The lowest BCUT2D eigenvalue weighted by atomic mass is 9.53. The molecule has 0 aliphatic heterocycles. The van der Waals surface area contributed by atoms with Crippen LogP contribution < -0.4 is 10.6 Å². The average molecular weight is 362 g/mol. The lowest BCUT2D eigenvalue weighted by Crippen LogP contribution is -2.59. The fourth-order valence-corrected chi connectivity index (χ4v) is 6.27. The van der Waals surface area contributed by atoms with Gasteiger partial charge in [-0.3, -0.25) is 4.79 Å². The first kappa shape index (κ1) is 17.0. The quantitative estimate of drug-likeness (QED) is 0.844. The molecule has 0 unspecified atom stereocenters. The lowest BCUT2D eigenvalue weighted by molar-refractivity contribution is -0.116. The zero-order valence-electron chi connectivity index (χ0n) is 14.6. The van der Waals surface area contributed by atoms with Gasteiger partial charge in [-0.15, -0.1) is 0 Å². The fourth-order valence-electron chi connectivity index (χ4n) is 5.60. The van der Waals surface area contributed by atoms with Gasteiger partial charge in [-0.1, -0.05) is 6.07 Å². The van der Waals surface area contributed by atoms with Crippen molar-refractivity contribution in [3.63, 3.8) is 0 Å². The second kappa shape index (κ2) is 6.09. The van der Waals surface area contributed by atoms with E-state index in [2.05, 4.69) is 10.6 Å². The van der Waals surface area contributed by atoms with E-state index in [0.717, 1.165) is 17.8 Å². The molecule has 1 aromatic rings. The molecular formula is C19H26N2O3S. The van der Waals surface area contributed by atoms with Crippen LogP contribution in [0.2, 0.25) is 0 Å². The molecule has 0 atom stereocenters. The molecule has 136 valence electrons. The highest BCUT2D eigenvalue weighted by molar-refractivity contribution is 7.90. The van der Waals surface area contributed by atoms with Crippen LogP contribution in [0.4, 0.5) is 5.69 Å². The molecule has 2 N–H and O–H groups in total. The van der Waals surface area contributed by atoms with E-state index in [4.69, 9.17) is 0 Å². The van der Waals surface area contributed by atoms with Gasteiger partial charge in [0.05, 0.1) is 11.4 Å². The van der Waals surface area contributed by atoms with Crippen molar-refractivity contribution in [2.45, 2.75) is 49.0 Å². The summed E-state index contributed by atoms with van der Waals surface area (Å²) in [6.07, 6.45) is 8.92. The number of amides is 1. The Labute approximate surface area is 149 Å². The van der Waals surface area contributed by atoms with Crippen LogP contribution in [0.1, 0.15) is 38.5 Å². The predicted octanol–water partition coefficient (Wildman–Crippen LogP) is 2.59. The fraction of sp³-hybridized carbons (Fsp3) is 0.632. The van der Waals surface area contributed by atoms with Crippen LogP contribution in [0, 0.1) is 17.8 Å². The van der Waals surface area contributed by atoms with Gasteiger partial charge in [0, 0.05) is 17.5 Å². The molecule has 4 fully saturated rings. The first-order chi connectivity index (χ1) is 11.8. The predicted molar refractivity (Wildman–Crippen MR) is 97.1 cm³/mol. The second-order valence-corrected chi connectivity index (χ2v) is 10.4. The molecule has 4 bridgehead atoms. The highest BCUT2D eigenvalue weighted by Crippen LogP contribution is 2.55. The average Bonchev–Trinajstić information content (AvgIpc) is 2.51. The summed E-state index contributed by atoms with van der Waals surface area (Å²) in [5.41, 5.74) is 0.681. The first-order valence-electron chi connectivity index (χ1n) is 9.16. The molecule has 1 amide bonds. The van der Waals surface area contributed by atoms with Crippen LogP contribution in [0.15, 0.2) is 29.2 Å². The minimum atomic E-state index is -3.27. The summed E-state index contributed by atoms with van der Waals surface area (Å²) in [6.45, 7) is 0.287. The Morgan fingerprint density at radius 2 is 1.72 bits per heavy atom. The highest BCUT2D eigenvalue weighted by atomic mass is 32.2. The van der Waals surface area contributed by atoms with E-state index in [1.54, 1.807) is 18.2 Å². The Hall–Kier alpha value is -1.40. The van der Waals surface area contributed by atoms with Gasteiger partial charge in [0.25, 0.3) is 0 Å². The monoisotopic (exact) mass is 362 g/mol. The van der Waals surface area contributed by atoms with Crippen molar-refractivity contribution in [3.05, 3.63) is 24.3 Å². The minimum absolute atomic E-state index is 0.110. The summed E-state index contributed by atoms with van der Waals surface area (Å²) in [5, 5.41) is 6.38. The lowest BCUT2D eigenvalue weighted by Gasteiger charge is -2.57. The summed E-state index contributed by atoms with van der Waals surface area (Å²) in [5.74, 6) is 2.41. The molecule has 5 rings (SSSR count). The number of carbonyl (C=O) groups excluding carboxylic acids is 1. The van der Waals surface area contributed by atoms with E-state index in [0.29, 0.717) is 5.69 Å². The van der Waals surface area contributed by atoms with E-state index in [-0.39, 0.29) is 22.9 Å². The van der Waals surface area contributed by atoms with Crippen LogP contribution in [-0.4, -0.2) is 32.7 Å². The zero-order valence-corrected chi connectivity index (χ0v) is 15.4. The Balaban J connectivity index is 1.37. The Morgan fingerprint density at radius 3 is 2.28 bits per heavy atom. The van der Waals surface area contributed by atoms with Crippen molar-refractivity contribution in [1.29, 1.82) is 0 Å². The number of anilines is 1. The van der Waals surface area contributed by atoms with Crippen LogP contribution in [0.3, 0.4) is 0 Å². The summed E-state index contributed by atoms with van der Waals surface area (Å²) < 4.78 is 23.3. The highest BCUT2D eigenvalue weighted by Gasteiger charge is 2.50. The maximum absolute atomic E-state index is 12.3.